The van der Waals surface area contributed by atoms with Gasteiger partial charge in [-0.15, -0.1) is 6.58 Å². The quantitative estimate of drug-likeness (QED) is 0.586. The standard InChI is InChI=1S/C9H18O/c1-6-7(2)8(10)9(3,4)5/h6-8,10H,1H2,2-5H3. The van der Waals surface area contributed by atoms with E-state index >= 15 is 0 Å². The summed E-state index contributed by atoms with van der Waals surface area (Å²) in [5.74, 6) is 0.181. The zero-order chi connectivity index (χ0) is 8.36. The molecule has 0 aliphatic heterocycles. The third-order valence-electron chi connectivity index (χ3n) is 1.76. The highest BCUT2D eigenvalue weighted by molar-refractivity contribution is 4.87. The van der Waals surface area contributed by atoms with Crippen molar-refractivity contribution in [2.75, 3.05) is 0 Å². The summed E-state index contributed by atoms with van der Waals surface area (Å²) in [6.07, 6.45) is 1.50. The van der Waals surface area contributed by atoms with Crippen LogP contribution in [0.2, 0.25) is 0 Å². The summed E-state index contributed by atoms with van der Waals surface area (Å²) in [6.45, 7) is 11.7. The molecule has 60 valence electrons. The summed E-state index contributed by atoms with van der Waals surface area (Å²) in [4.78, 5) is 0. The Morgan fingerprint density at radius 2 is 1.80 bits per heavy atom. The van der Waals surface area contributed by atoms with E-state index in [9.17, 15) is 5.11 Å². The third kappa shape index (κ3) is 2.53. The van der Waals surface area contributed by atoms with Gasteiger partial charge in [0.05, 0.1) is 6.10 Å². The van der Waals surface area contributed by atoms with Crippen molar-refractivity contribution < 1.29 is 5.11 Å². The smallest absolute Gasteiger partial charge is 0.0648 e. The van der Waals surface area contributed by atoms with Crippen molar-refractivity contribution in [1.29, 1.82) is 0 Å². The van der Waals surface area contributed by atoms with Crippen LogP contribution in [0, 0.1) is 11.3 Å². The van der Waals surface area contributed by atoms with Crippen LogP contribution >= 0.6 is 0 Å². The summed E-state index contributed by atoms with van der Waals surface area (Å²) < 4.78 is 0. The van der Waals surface area contributed by atoms with Gasteiger partial charge >= 0.3 is 0 Å². The predicted molar refractivity (Wildman–Crippen MR) is 44.8 cm³/mol. The first-order chi connectivity index (χ1) is 4.39. The van der Waals surface area contributed by atoms with Gasteiger partial charge in [-0.3, -0.25) is 0 Å². The molecule has 0 saturated heterocycles. The number of aliphatic hydroxyl groups is 1. The normalized spacial score (nSPS) is 18.1. The Labute approximate surface area is 63.8 Å². The number of aliphatic hydroxyl groups excluding tert-OH is 1. The predicted octanol–water partition coefficient (Wildman–Crippen LogP) is 2.22. The summed E-state index contributed by atoms with van der Waals surface area (Å²) in [5.41, 5.74) is -0.0341. The third-order valence-corrected chi connectivity index (χ3v) is 1.76. The molecule has 0 fully saturated rings. The molecule has 1 heteroatoms. The van der Waals surface area contributed by atoms with Crippen LogP contribution in [0.1, 0.15) is 27.7 Å². The van der Waals surface area contributed by atoms with Gasteiger partial charge in [0.2, 0.25) is 0 Å². The second-order valence-corrected chi connectivity index (χ2v) is 3.91. The van der Waals surface area contributed by atoms with Crippen molar-refractivity contribution in [2.45, 2.75) is 33.8 Å². The van der Waals surface area contributed by atoms with Gasteiger partial charge in [-0.2, -0.15) is 0 Å². The molecule has 0 heterocycles. The molecule has 0 rings (SSSR count). The first-order valence-electron chi connectivity index (χ1n) is 3.70. The topological polar surface area (TPSA) is 20.2 Å². The van der Waals surface area contributed by atoms with Crippen molar-refractivity contribution in [3.8, 4) is 0 Å². The number of hydrogen-bond acceptors (Lipinski definition) is 1. The highest BCUT2D eigenvalue weighted by atomic mass is 16.3. The van der Waals surface area contributed by atoms with Gasteiger partial charge in [0.25, 0.3) is 0 Å². The molecule has 1 N–H and O–H groups in total. The molecule has 0 amide bonds. The second-order valence-electron chi connectivity index (χ2n) is 3.91. The maximum Gasteiger partial charge on any atom is 0.0648 e. The molecule has 0 aromatic carbocycles. The van der Waals surface area contributed by atoms with Gasteiger partial charge < -0.3 is 5.11 Å². The largest absolute Gasteiger partial charge is 0.392 e. The fraction of sp³-hybridized carbons (Fsp3) is 0.778. The lowest BCUT2D eigenvalue weighted by atomic mass is 9.82. The van der Waals surface area contributed by atoms with Crippen LogP contribution in [-0.2, 0) is 0 Å². The summed E-state index contributed by atoms with van der Waals surface area (Å²) in [6, 6.07) is 0. The molecule has 0 aliphatic rings. The first-order valence-corrected chi connectivity index (χ1v) is 3.70. The SMILES string of the molecule is C=CC(C)C(O)C(C)(C)C. The van der Waals surface area contributed by atoms with Crippen molar-refractivity contribution in [1.82, 2.24) is 0 Å². The van der Waals surface area contributed by atoms with Gasteiger partial charge in [0.1, 0.15) is 0 Å². The Hall–Kier alpha value is -0.300. The Balaban J connectivity index is 4.07. The fourth-order valence-electron chi connectivity index (χ4n) is 0.918. The minimum absolute atomic E-state index is 0.0341. The first kappa shape index (κ1) is 9.70. The van der Waals surface area contributed by atoms with Gasteiger partial charge in [-0.1, -0.05) is 33.8 Å². The minimum Gasteiger partial charge on any atom is -0.392 e. The van der Waals surface area contributed by atoms with Gasteiger partial charge in [0.15, 0.2) is 0 Å². The molecule has 0 aliphatic carbocycles. The van der Waals surface area contributed by atoms with Crippen LogP contribution < -0.4 is 0 Å². The fourth-order valence-corrected chi connectivity index (χ4v) is 0.918. The Morgan fingerprint density at radius 1 is 1.40 bits per heavy atom. The molecule has 0 bridgehead atoms. The Morgan fingerprint density at radius 3 is 1.90 bits per heavy atom. The van der Waals surface area contributed by atoms with Crippen LogP contribution in [0.25, 0.3) is 0 Å². The van der Waals surface area contributed by atoms with E-state index in [0.29, 0.717) is 0 Å². The van der Waals surface area contributed by atoms with Crippen LogP contribution in [0.4, 0.5) is 0 Å². The highest BCUT2D eigenvalue weighted by Crippen LogP contribution is 2.25. The molecule has 1 nitrogen and oxygen atoms in total. The van der Waals surface area contributed by atoms with Gasteiger partial charge in [0, 0.05) is 5.92 Å². The molecular weight excluding hydrogens is 124 g/mol. The Kier molecular flexibility index (Phi) is 3.10. The lowest BCUT2D eigenvalue weighted by Crippen LogP contribution is -2.31. The van der Waals surface area contributed by atoms with Crippen LogP contribution in [0.15, 0.2) is 12.7 Å². The van der Waals surface area contributed by atoms with Crippen molar-refractivity contribution in [3.05, 3.63) is 12.7 Å². The zero-order valence-corrected chi connectivity index (χ0v) is 7.39. The van der Waals surface area contributed by atoms with Crippen molar-refractivity contribution >= 4 is 0 Å². The van der Waals surface area contributed by atoms with Gasteiger partial charge in [-0.05, 0) is 5.41 Å². The van der Waals surface area contributed by atoms with Crippen LogP contribution in [0.5, 0.6) is 0 Å². The van der Waals surface area contributed by atoms with E-state index in [2.05, 4.69) is 6.58 Å². The van der Waals surface area contributed by atoms with Crippen LogP contribution in [0.3, 0.4) is 0 Å². The average Bonchev–Trinajstić information content (AvgIpc) is 1.83. The van der Waals surface area contributed by atoms with E-state index in [1.165, 1.54) is 0 Å². The van der Waals surface area contributed by atoms with E-state index in [-0.39, 0.29) is 17.4 Å². The van der Waals surface area contributed by atoms with Crippen molar-refractivity contribution in [3.63, 3.8) is 0 Å². The molecule has 0 spiro atoms. The molecule has 0 aromatic rings. The Bertz CT molecular complexity index is 110. The van der Waals surface area contributed by atoms with E-state index < -0.39 is 0 Å². The summed E-state index contributed by atoms with van der Waals surface area (Å²) >= 11 is 0. The average molecular weight is 142 g/mol. The number of hydrogen-bond donors (Lipinski definition) is 1. The summed E-state index contributed by atoms with van der Waals surface area (Å²) in [7, 11) is 0. The van der Waals surface area contributed by atoms with Crippen LogP contribution in [-0.4, -0.2) is 11.2 Å². The molecular formula is C9H18O. The van der Waals surface area contributed by atoms with Gasteiger partial charge in [-0.25, -0.2) is 0 Å². The molecule has 0 radical (unpaired) electrons. The number of rotatable bonds is 2. The summed E-state index contributed by atoms with van der Waals surface area (Å²) in [5, 5.41) is 9.58. The monoisotopic (exact) mass is 142 g/mol. The van der Waals surface area contributed by atoms with Crippen molar-refractivity contribution in [2.24, 2.45) is 11.3 Å². The molecule has 2 atom stereocenters. The van der Waals surface area contributed by atoms with E-state index in [0.717, 1.165) is 0 Å². The van der Waals surface area contributed by atoms with E-state index in [4.69, 9.17) is 0 Å². The lowest BCUT2D eigenvalue weighted by molar-refractivity contribution is 0.0339. The minimum atomic E-state index is -0.287. The maximum atomic E-state index is 9.58. The van der Waals surface area contributed by atoms with E-state index in [1.807, 2.05) is 27.7 Å². The zero-order valence-electron chi connectivity index (χ0n) is 7.39. The lowest BCUT2D eigenvalue weighted by Gasteiger charge is -2.29. The molecule has 0 aromatic heterocycles. The molecule has 2 unspecified atom stereocenters. The maximum absolute atomic E-state index is 9.58. The molecule has 10 heavy (non-hydrogen) atoms. The highest BCUT2D eigenvalue weighted by Gasteiger charge is 2.25. The second kappa shape index (κ2) is 3.20. The van der Waals surface area contributed by atoms with E-state index in [1.54, 1.807) is 6.08 Å². The molecule has 0 saturated carbocycles.